The highest BCUT2D eigenvalue weighted by Crippen LogP contribution is 2.35. The molecule has 28 heavy (non-hydrogen) atoms. The van der Waals surface area contributed by atoms with E-state index in [-0.39, 0.29) is 11.6 Å². The molecule has 1 N–H and O–H groups in total. The number of hydrogen-bond donors (Lipinski definition) is 1. The van der Waals surface area contributed by atoms with E-state index in [2.05, 4.69) is 36.4 Å². The van der Waals surface area contributed by atoms with E-state index >= 15 is 0 Å². The fourth-order valence-corrected chi connectivity index (χ4v) is 3.40. The van der Waals surface area contributed by atoms with Gasteiger partial charge in [-0.1, -0.05) is 29.3 Å². The molecule has 0 saturated carbocycles. The Bertz CT molecular complexity index is 1050. The molecule has 0 aliphatic carbocycles. The number of carbonyl (C=O) groups is 1. The van der Waals surface area contributed by atoms with Crippen LogP contribution in [0.25, 0.3) is 0 Å². The zero-order valence-electron chi connectivity index (χ0n) is 13.9. The summed E-state index contributed by atoms with van der Waals surface area (Å²) in [5.41, 5.74) is -0.715. The lowest BCUT2D eigenvalue weighted by Gasteiger charge is -2.04. The van der Waals surface area contributed by atoms with Gasteiger partial charge in [0.2, 0.25) is 5.95 Å². The van der Waals surface area contributed by atoms with Gasteiger partial charge in [0, 0.05) is 7.05 Å². The van der Waals surface area contributed by atoms with E-state index in [0.717, 1.165) is 10.2 Å². The van der Waals surface area contributed by atoms with Crippen LogP contribution in [0.15, 0.2) is 29.0 Å². The van der Waals surface area contributed by atoms with Gasteiger partial charge in [-0.05, 0) is 33.6 Å². The summed E-state index contributed by atoms with van der Waals surface area (Å²) in [6, 6.07) is 5.05. The number of carbonyl (C=O) groups excluding carboxylic acids is 1. The highest BCUT2D eigenvalue weighted by Gasteiger charge is 2.39. The highest BCUT2D eigenvalue weighted by molar-refractivity contribution is 9.10. The van der Waals surface area contributed by atoms with Gasteiger partial charge in [0.25, 0.3) is 5.91 Å². The van der Waals surface area contributed by atoms with E-state index in [0.29, 0.717) is 16.6 Å². The third-order valence-electron chi connectivity index (χ3n) is 3.56. The Kier molecular flexibility index (Phi) is 5.69. The van der Waals surface area contributed by atoms with E-state index < -0.39 is 22.3 Å². The normalized spacial score (nSPS) is 11.7. The second-order valence-electron chi connectivity index (χ2n) is 5.60. The minimum atomic E-state index is -4.70. The first-order chi connectivity index (χ1) is 13.1. The largest absolute Gasteiger partial charge is 0.436 e. The summed E-state index contributed by atoms with van der Waals surface area (Å²) in [5.74, 6) is -0.920. The number of anilines is 1. The molecular formula is C15H10BrCl2F3N6O. The molecule has 0 fully saturated rings. The third kappa shape index (κ3) is 4.31. The van der Waals surface area contributed by atoms with Gasteiger partial charge in [0.1, 0.15) is 12.0 Å². The van der Waals surface area contributed by atoms with Crippen molar-refractivity contribution in [3.05, 3.63) is 56.0 Å². The zero-order chi connectivity index (χ0) is 20.6. The molecule has 1 aromatic carbocycles. The number of benzene rings is 1. The molecule has 0 aliphatic heterocycles. The summed E-state index contributed by atoms with van der Waals surface area (Å²) in [5, 5.41) is 10.5. The van der Waals surface area contributed by atoms with E-state index in [1.54, 1.807) is 18.2 Å². The third-order valence-corrected chi connectivity index (χ3v) is 5.05. The lowest BCUT2D eigenvalue weighted by Crippen LogP contribution is -2.17. The molecule has 148 valence electrons. The van der Waals surface area contributed by atoms with Crippen molar-refractivity contribution >= 4 is 51.0 Å². The molecule has 0 unspecified atom stereocenters. The van der Waals surface area contributed by atoms with Crippen LogP contribution in [0.4, 0.5) is 19.1 Å². The average molecular weight is 498 g/mol. The number of aromatic nitrogens is 5. The number of rotatable bonds is 4. The van der Waals surface area contributed by atoms with E-state index in [1.165, 1.54) is 18.1 Å². The predicted octanol–water partition coefficient (Wildman–Crippen LogP) is 4.40. The van der Waals surface area contributed by atoms with Gasteiger partial charge in [-0.3, -0.25) is 14.8 Å². The molecule has 2 aromatic heterocycles. The Labute approximate surface area is 174 Å². The molecular weight excluding hydrogens is 488 g/mol. The number of alkyl halides is 3. The number of nitrogens with one attached hydrogen (secondary N) is 1. The first kappa shape index (κ1) is 20.6. The number of nitrogens with zero attached hydrogens (tertiary/aromatic N) is 5. The van der Waals surface area contributed by atoms with Gasteiger partial charge >= 0.3 is 6.18 Å². The summed E-state index contributed by atoms with van der Waals surface area (Å²) >= 11 is 14.6. The SMILES string of the molecule is Cn1nc(C(F)(F)F)c(Br)c1C(=O)Nc1ncn(Cc2ccc(Cl)c(Cl)c2)n1. The van der Waals surface area contributed by atoms with Crippen molar-refractivity contribution in [2.24, 2.45) is 7.05 Å². The van der Waals surface area contributed by atoms with Crippen molar-refractivity contribution in [2.75, 3.05) is 5.32 Å². The lowest BCUT2D eigenvalue weighted by atomic mass is 10.2. The Morgan fingerprint density at radius 2 is 1.96 bits per heavy atom. The monoisotopic (exact) mass is 496 g/mol. The van der Waals surface area contributed by atoms with Crippen LogP contribution in [0.2, 0.25) is 10.0 Å². The highest BCUT2D eigenvalue weighted by atomic mass is 79.9. The molecule has 13 heteroatoms. The van der Waals surface area contributed by atoms with Crippen LogP contribution in [0.3, 0.4) is 0 Å². The Morgan fingerprint density at radius 1 is 1.25 bits per heavy atom. The molecule has 0 bridgehead atoms. The maximum Gasteiger partial charge on any atom is 0.436 e. The van der Waals surface area contributed by atoms with Crippen LogP contribution in [0.1, 0.15) is 21.7 Å². The maximum absolute atomic E-state index is 12.9. The Hall–Kier alpha value is -2.11. The number of aryl methyl sites for hydroxylation is 1. The molecule has 0 spiro atoms. The topological polar surface area (TPSA) is 77.6 Å². The molecule has 2 heterocycles. The Morgan fingerprint density at radius 3 is 2.57 bits per heavy atom. The molecule has 1 amide bonds. The second-order valence-corrected chi connectivity index (χ2v) is 7.21. The second kappa shape index (κ2) is 7.72. The van der Waals surface area contributed by atoms with Gasteiger partial charge in [0.15, 0.2) is 5.69 Å². The molecule has 0 radical (unpaired) electrons. The fraction of sp³-hybridized carbons (Fsp3) is 0.200. The van der Waals surface area contributed by atoms with Gasteiger partial charge in [-0.2, -0.15) is 18.3 Å². The standard InChI is InChI=1S/C15H10BrCl2F3N6O/c1-26-11(10(16)12(24-26)15(19,20)21)13(28)23-14-22-6-27(25-14)5-7-2-3-8(17)9(18)4-7/h2-4,6H,5H2,1H3,(H,23,25,28). The molecule has 0 aliphatic rings. The first-order valence-electron chi connectivity index (χ1n) is 7.50. The first-order valence-corrected chi connectivity index (χ1v) is 9.05. The minimum absolute atomic E-state index is 0.0771. The fourth-order valence-electron chi connectivity index (χ4n) is 2.34. The summed E-state index contributed by atoms with van der Waals surface area (Å²) in [7, 11) is 1.23. The predicted molar refractivity (Wildman–Crippen MR) is 99.4 cm³/mol. The summed E-state index contributed by atoms with van der Waals surface area (Å²) in [6.07, 6.45) is -3.34. The van der Waals surface area contributed by atoms with Crippen LogP contribution in [-0.4, -0.2) is 30.5 Å². The Balaban J connectivity index is 1.76. The van der Waals surface area contributed by atoms with Crippen LogP contribution in [0, 0.1) is 0 Å². The van der Waals surface area contributed by atoms with Crippen molar-refractivity contribution in [1.29, 1.82) is 0 Å². The van der Waals surface area contributed by atoms with Crippen molar-refractivity contribution in [3.63, 3.8) is 0 Å². The van der Waals surface area contributed by atoms with Crippen molar-refractivity contribution in [1.82, 2.24) is 24.5 Å². The molecule has 0 saturated heterocycles. The molecule has 3 rings (SSSR count). The van der Waals surface area contributed by atoms with Crippen LogP contribution >= 0.6 is 39.1 Å². The van der Waals surface area contributed by atoms with Gasteiger partial charge < -0.3 is 0 Å². The van der Waals surface area contributed by atoms with Crippen molar-refractivity contribution in [3.8, 4) is 0 Å². The number of halogens is 6. The van der Waals surface area contributed by atoms with Crippen molar-refractivity contribution in [2.45, 2.75) is 12.7 Å². The average Bonchev–Trinajstić information content (AvgIpc) is 3.14. The van der Waals surface area contributed by atoms with Crippen molar-refractivity contribution < 1.29 is 18.0 Å². The lowest BCUT2D eigenvalue weighted by molar-refractivity contribution is -0.142. The molecule has 0 atom stereocenters. The summed E-state index contributed by atoms with van der Waals surface area (Å²) in [6.45, 7) is 0.299. The van der Waals surface area contributed by atoms with Crippen LogP contribution in [-0.2, 0) is 19.8 Å². The number of hydrogen-bond acceptors (Lipinski definition) is 4. The smallest absolute Gasteiger partial charge is 0.288 e. The quantitative estimate of drug-likeness (QED) is 0.579. The van der Waals surface area contributed by atoms with Crippen LogP contribution < -0.4 is 5.32 Å². The summed E-state index contributed by atoms with van der Waals surface area (Å²) in [4.78, 5) is 16.3. The van der Waals surface area contributed by atoms with Gasteiger partial charge in [-0.15, -0.1) is 5.10 Å². The van der Waals surface area contributed by atoms with E-state index in [9.17, 15) is 18.0 Å². The summed E-state index contributed by atoms with van der Waals surface area (Å²) < 4.78 is 40.5. The van der Waals surface area contributed by atoms with Gasteiger partial charge in [0.05, 0.1) is 21.1 Å². The molecule has 3 aromatic rings. The maximum atomic E-state index is 12.9. The van der Waals surface area contributed by atoms with E-state index in [4.69, 9.17) is 23.2 Å². The molecule has 7 nitrogen and oxygen atoms in total. The number of amides is 1. The van der Waals surface area contributed by atoms with Crippen LogP contribution in [0.5, 0.6) is 0 Å². The van der Waals surface area contributed by atoms with Gasteiger partial charge in [-0.25, -0.2) is 9.67 Å². The van der Waals surface area contributed by atoms with E-state index in [1.807, 2.05) is 0 Å². The minimum Gasteiger partial charge on any atom is -0.288 e. The zero-order valence-corrected chi connectivity index (χ0v) is 17.0.